The molecule has 1 amide bonds. The molecule has 1 spiro atoms. The number of nitrogens with one attached hydrogen (secondary N) is 1. The highest BCUT2D eigenvalue weighted by molar-refractivity contribution is 5.73. The summed E-state index contributed by atoms with van der Waals surface area (Å²) in [5.41, 5.74) is -0.222. The van der Waals surface area contributed by atoms with Gasteiger partial charge in [-0.25, -0.2) is 4.79 Å². The second-order valence-electron chi connectivity index (χ2n) is 4.51. The van der Waals surface area contributed by atoms with Gasteiger partial charge in [0.25, 0.3) is 0 Å². The van der Waals surface area contributed by atoms with Crippen LogP contribution in [0.4, 0.5) is 4.79 Å². The highest BCUT2D eigenvalue weighted by Gasteiger charge is 2.43. The first kappa shape index (κ1) is 11.2. The second kappa shape index (κ2) is 4.31. The summed E-state index contributed by atoms with van der Waals surface area (Å²) >= 11 is 0. The molecule has 1 N–H and O–H groups in total. The molecule has 0 unspecified atom stereocenters. The molecule has 0 aromatic rings. The highest BCUT2D eigenvalue weighted by atomic mass is 16.6. The monoisotopic (exact) mass is 227 g/mol. The molecule has 1 aliphatic heterocycles. The van der Waals surface area contributed by atoms with E-state index in [1.165, 1.54) is 0 Å². The standard InChI is InChI=1S/C11H17NO4/c1-2-15-9(13)8-3-5-11(6-4-8)7-16-10(14)12-11/h8H,2-7H2,1H3,(H,12,14). The van der Waals surface area contributed by atoms with E-state index in [1.54, 1.807) is 0 Å². The van der Waals surface area contributed by atoms with Gasteiger partial charge in [0.05, 0.1) is 18.1 Å². The van der Waals surface area contributed by atoms with Crippen molar-refractivity contribution in [3.63, 3.8) is 0 Å². The molecule has 0 aromatic heterocycles. The lowest BCUT2D eigenvalue weighted by Crippen LogP contribution is -2.47. The molecule has 0 radical (unpaired) electrons. The van der Waals surface area contributed by atoms with E-state index in [2.05, 4.69) is 5.32 Å². The number of hydrogen-bond donors (Lipinski definition) is 1. The number of rotatable bonds is 2. The molecule has 5 nitrogen and oxygen atoms in total. The maximum atomic E-state index is 11.5. The number of cyclic esters (lactones) is 1. The van der Waals surface area contributed by atoms with Crippen LogP contribution < -0.4 is 5.32 Å². The fourth-order valence-electron chi connectivity index (χ4n) is 2.43. The van der Waals surface area contributed by atoms with Crippen LogP contribution in [0, 0.1) is 5.92 Å². The SMILES string of the molecule is CCOC(=O)C1CCC2(CC1)COC(=O)N2. The molecular weight excluding hydrogens is 210 g/mol. The van der Waals surface area contributed by atoms with Crippen molar-refractivity contribution in [1.82, 2.24) is 5.32 Å². The Bertz CT molecular complexity index is 294. The summed E-state index contributed by atoms with van der Waals surface area (Å²) in [6.07, 6.45) is 2.78. The zero-order valence-corrected chi connectivity index (χ0v) is 9.45. The highest BCUT2D eigenvalue weighted by Crippen LogP contribution is 2.35. The zero-order valence-electron chi connectivity index (χ0n) is 9.45. The Hall–Kier alpha value is -1.26. The lowest BCUT2D eigenvalue weighted by atomic mass is 9.77. The maximum Gasteiger partial charge on any atom is 0.407 e. The number of carbonyl (C=O) groups excluding carboxylic acids is 2. The molecule has 1 aliphatic carbocycles. The first-order valence-electron chi connectivity index (χ1n) is 5.77. The minimum absolute atomic E-state index is 0.0110. The molecule has 16 heavy (non-hydrogen) atoms. The van der Waals surface area contributed by atoms with Gasteiger partial charge in [0.15, 0.2) is 0 Å². The third-order valence-corrected chi connectivity index (χ3v) is 3.41. The van der Waals surface area contributed by atoms with E-state index in [4.69, 9.17) is 9.47 Å². The third kappa shape index (κ3) is 2.13. The number of hydrogen-bond acceptors (Lipinski definition) is 4. The van der Waals surface area contributed by atoms with Gasteiger partial charge in [-0.05, 0) is 32.6 Å². The van der Waals surface area contributed by atoms with E-state index in [-0.39, 0.29) is 23.5 Å². The van der Waals surface area contributed by atoms with E-state index in [9.17, 15) is 9.59 Å². The Labute approximate surface area is 94.5 Å². The van der Waals surface area contributed by atoms with Crippen molar-refractivity contribution in [3.05, 3.63) is 0 Å². The Morgan fingerprint density at radius 1 is 1.56 bits per heavy atom. The smallest absolute Gasteiger partial charge is 0.407 e. The van der Waals surface area contributed by atoms with Crippen LogP contribution in [0.5, 0.6) is 0 Å². The Balaban J connectivity index is 1.87. The molecule has 90 valence electrons. The van der Waals surface area contributed by atoms with Crippen LogP contribution >= 0.6 is 0 Å². The van der Waals surface area contributed by atoms with Crippen molar-refractivity contribution in [2.45, 2.75) is 38.1 Å². The third-order valence-electron chi connectivity index (χ3n) is 3.41. The summed E-state index contributed by atoms with van der Waals surface area (Å²) in [6, 6.07) is 0. The predicted molar refractivity (Wildman–Crippen MR) is 55.8 cm³/mol. The van der Waals surface area contributed by atoms with Crippen LogP contribution in [-0.4, -0.2) is 30.8 Å². The van der Waals surface area contributed by atoms with Crippen LogP contribution in [0.15, 0.2) is 0 Å². The molecule has 1 heterocycles. The van der Waals surface area contributed by atoms with E-state index >= 15 is 0 Å². The number of esters is 1. The van der Waals surface area contributed by atoms with Crippen molar-refractivity contribution in [2.75, 3.05) is 13.2 Å². The second-order valence-corrected chi connectivity index (χ2v) is 4.51. The van der Waals surface area contributed by atoms with Crippen LogP contribution in [0.1, 0.15) is 32.6 Å². The van der Waals surface area contributed by atoms with Gasteiger partial charge in [-0.2, -0.15) is 0 Å². The summed E-state index contributed by atoms with van der Waals surface area (Å²) in [6.45, 7) is 2.68. The zero-order chi connectivity index (χ0) is 11.6. The topological polar surface area (TPSA) is 64.6 Å². The Morgan fingerprint density at radius 2 is 2.25 bits per heavy atom. The van der Waals surface area contributed by atoms with Crippen LogP contribution in [0.2, 0.25) is 0 Å². The summed E-state index contributed by atoms with van der Waals surface area (Å²) in [5.74, 6) is -0.120. The van der Waals surface area contributed by atoms with E-state index < -0.39 is 0 Å². The van der Waals surface area contributed by atoms with Crippen LogP contribution in [-0.2, 0) is 14.3 Å². The van der Waals surface area contributed by atoms with Gasteiger partial charge in [-0.15, -0.1) is 0 Å². The van der Waals surface area contributed by atoms with Gasteiger partial charge >= 0.3 is 12.1 Å². The molecular formula is C11H17NO4. The van der Waals surface area contributed by atoms with E-state index in [0.717, 1.165) is 25.7 Å². The van der Waals surface area contributed by atoms with Crippen molar-refractivity contribution >= 4 is 12.1 Å². The number of ether oxygens (including phenoxy) is 2. The summed E-state index contributed by atoms with van der Waals surface area (Å²) < 4.78 is 9.92. The average molecular weight is 227 g/mol. The minimum Gasteiger partial charge on any atom is -0.466 e. The van der Waals surface area contributed by atoms with Gasteiger partial charge in [0.2, 0.25) is 0 Å². The average Bonchev–Trinajstić information content (AvgIpc) is 2.61. The first-order chi connectivity index (χ1) is 7.65. The summed E-state index contributed by atoms with van der Waals surface area (Å²) in [5, 5.41) is 2.85. The predicted octanol–water partition coefficient (Wildman–Crippen LogP) is 1.22. The van der Waals surface area contributed by atoms with Gasteiger partial charge in [-0.3, -0.25) is 4.79 Å². The van der Waals surface area contributed by atoms with Gasteiger partial charge < -0.3 is 14.8 Å². The molecule has 2 rings (SSSR count). The van der Waals surface area contributed by atoms with Crippen molar-refractivity contribution < 1.29 is 19.1 Å². The normalized spacial score (nSPS) is 33.3. The molecule has 0 atom stereocenters. The van der Waals surface area contributed by atoms with E-state index in [0.29, 0.717) is 13.2 Å². The summed E-state index contributed by atoms with van der Waals surface area (Å²) in [7, 11) is 0. The number of alkyl carbamates (subject to hydrolysis) is 1. The molecule has 5 heteroatoms. The maximum absolute atomic E-state index is 11.5. The summed E-state index contributed by atoms with van der Waals surface area (Å²) in [4.78, 5) is 22.5. The lowest BCUT2D eigenvalue weighted by Gasteiger charge is -2.33. The molecule has 0 bridgehead atoms. The van der Waals surface area contributed by atoms with Gasteiger partial charge in [0, 0.05) is 0 Å². The molecule has 2 aliphatic rings. The first-order valence-corrected chi connectivity index (χ1v) is 5.77. The number of carbonyl (C=O) groups is 2. The minimum atomic E-state index is -0.338. The van der Waals surface area contributed by atoms with Crippen molar-refractivity contribution in [1.29, 1.82) is 0 Å². The van der Waals surface area contributed by atoms with Crippen LogP contribution in [0.25, 0.3) is 0 Å². The Morgan fingerprint density at radius 3 is 2.75 bits per heavy atom. The van der Waals surface area contributed by atoms with Crippen molar-refractivity contribution in [3.8, 4) is 0 Å². The molecule has 1 saturated carbocycles. The molecule has 1 saturated heterocycles. The lowest BCUT2D eigenvalue weighted by molar-refractivity contribution is -0.149. The quantitative estimate of drug-likeness (QED) is 0.720. The largest absolute Gasteiger partial charge is 0.466 e. The molecule has 2 fully saturated rings. The fraction of sp³-hybridized carbons (Fsp3) is 0.818. The van der Waals surface area contributed by atoms with Gasteiger partial charge in [-0.1, -0.05) is 0 Å². The Kier molecular flexibility index (Phi) is 3.03. The number of amides is 1. The van der Waals surface area contributed by atoms with Crippen LogP contribution in [0.3, 0.4) is 0 Å². The molecule has 0 aromatic carbocycles. The fourth-order valence-corrected chi connectivity index (χ4v) is 2.43. The van der Waals surface area contributed by atoms with Gasteiger partial charge in [0.1, 0.15) is 6.61 Å². The van der Waals surface area contributed by atoms with Crippen molar-refractivity contribution in [2.24, 2.45) is 5.92 Å². The van der Waals surface area contributed by atoms with E-state index in [1.807, 2.05) is 6.92 Å².